The van der Waals surface area contributed by atoms with E-state index in [-0.39, 0.29) is 31.0 Å². The number of aryl methyl sites for hydroxylation is 1. The first-order valence-corrected chi connectivity index (χ1v) is 9.96. The van der Waals surface area contributed by atoms with Crippen molar-refractivity contribution in [2.75, 3.05) is 27.9 Å². The number of ether oxygens (including phenoxy) is 4. The van der Waals surface area contributed by atoms with Crippen molar-refractivity contribution in [2.24, 2.45) is 0 Å². The Labute approximate surface area is 180 Å². The van der Waals surface area contributed by atoms with Crippen LogP contribution < -0.4 is 14.2 Å². The number of para-hydroxylation sites is 1. The second kappa shape index (κ2) is 10.1. The first kappa shape index (κ1) is 22.4. The number of methoxy groups -OCH3 is 3. The lowest BCUT2D eigenvalue weighted by atomic mass is 10.1. The molecular formula is C23H26FNO6. The summed E-state index contributed by atoms with van der Waals surface area (Å²) in [6.45, 7) is 0.173. The van der Waals surface area contributed by atoms with Crippen molar-refractivity contribution in [3.05, 3.63) is 53.8 Å². The zero-order valence-electron chi connectivity index (χ0n) is 17.8. The van der Waals surface area contributed by atoms with Crippen molar-refractivity contribution in [3.63, 3.8) is 0 Å². The zero-order chi connectivity index (χ0) is 22.4. The van der Waals surface area contributed by atoms with Crippen LogP contribution in [0.4, 0.5) is 4.39 Å². The van der Waals surface area contributed by atoms with Crippen molar-refractivity contribution >= 4 is 11.9 Å². The van der Waals surface area contributed by atoms with Crippen LogP contribution >= 0.6 is 0 Å². The van der Waals surface area contributed by atoms with E-state index in [1.54, 1.807) is 38.5 Å². The molecule has 0 aliphatic carbocycles. The van der Waals surface area contributed by atoms with Crippen LogP contribution in [0, 0.1) is 5.82 Å². The Morgan fingerprint density at radius 2 is 1.84 bits per heavy atom. The summed E-state index contributed by atoms with van der Waals surface area (Å²) in [5.74, 6) is 0.147. The third-order valence-electron chi connectivity index (χ3n) is 5.29. The summed E-state index contributed by atoms with van der Waals surface area (Å²) in [5.41, 5.74) is 0.852. The largest absolute Gasteiger partial charge is 0.497 e. The second-order valence-electron chi connectivity index (χ2n) is 7.17. The molecule has 31 heavy (non-hydrogen) atoms. The molecule has 0 aromatic heterocycles. The predicted octanol–water partition coefficient (Wildman–Crippen LogP) is 3.00. The molecule has 2 atom stereocenters. The number of likely N-dealkylation sites (tertiary alicyclic amines) is 1. The van der Waals surface area contributed by atoms with Crippen molar-refractivity contribution in [1.29, 1.82) is 0 Å². The number of amides is 1. The average Bonchev–Trinajstić information content (AvgIpc) is 3.22. The summed E-state index contributed by atoms with van der Waals surface area (Å²) in [5, 5.41) is 0. The predicted molar refractivity (Wildman–Crippen MR) is 111 cm³/mol. The minimum atomic E-state index is -0.771. The minimum Gasteiger partial charge on any atom is -0.497 e. The maximum Gasteiger partial charge on any atom is 0.328 e. The van der Waals surface area contributed by atoms with Gasteiger partial charge in [-0.2, -0.15) is 0 Å². The monoisotopic (exact) mass is 431 g/mol. The number of halogens is 1. The molecule has 1 aliphatic heterocycles. The molecular weight excluding hydrogens is 405 g/mol. The molecule has 1 saturated heterocycles. The fourth-order valence-corrected chi connectivity index (χ4v) is 3.68. The lowest BCUT2D eigenvalue weighted by Gasteiger charge is -2.22. The summed E-state index contributed by atoms with van der Waals surface area (Å²) in [7, 11) is 4.40. The molecule has 1 heterocycles. The van der Waals surface area contributed by atoms with Gasteiger partial charge in [-0.3, -0.25) is 4.79 Å². The molecule has 0 bridgehead atoms. The standard InChI is InChI=1S/C23H26FNO6/c1-28-16-10-8-15(21(13-16)29-2)9-11-22(26)25-14-17(12-19(25)23(27)30-3)31-20-7-5-4-6-18(20)24/h4-8,10,13,17,19H,9,11-12,14H2,1-3H3/t17-,19+/m0/s1. The van der Waals surface area contributed by atoms with Gasteiger partial charge in [0.25, 0.3) is 0 Å². The fraction of sp³-hybridized carbons (Fsp3) is 0.391. The van der Waals surface area contributed by atoms with Crippen LogP contribution in [0.25, 0.3) is 0 Å². The maximum absolute atomic E-state index is 13.9. The number of carbonyl (C=O) groups is 2. The minimum absolute atomic E-state index is 0.0911. The van der Waals surface area contributed by atoms with E-state index >= 15 is 0 Å². The van der Waals surface area contributed by atoms with E-state index in [4.69, 9.17) is 18.9 Å². The Morgan fingerprint density at radius 1 is 1.06 bits per heavy atom. The van der Waals surface area contributed by atoms with Crippen LogP contribution in [0.15, 0.2) is 42.5 Å². The van der Waals surface area contributed by atoms with Gasteiger partial charge in [0.1, 0.15) is 23.6 Å². The van der Waals surface area contributed by atoms with E-state index in [1.807, 2.05) is 6.07 Å². The highest BCUT2D eigenvalue weighted by atomic mass is 19.1. The van der Waals surface area contributed by atoms with Gasteiger partial charge in [0.2, 0.25) is 5.91 Å². The van der Waals surface area contributed by atoms with E-state index in [2.05, 4.69) is 0 Å². The van der Waals surface area contributed by atoms with Gasteiger partial charge in [0.15, 0.2) is 11.6 Å². The van der Waals surface area contributed by atoms with Crippen LogP contribution in [-0.4, -0.2) is 56.8 Å². The van der Waals surface area contributed by atoms with Crippen LogP contribution in [-0.2, 0) is 20.7 Å². The van der Waals surface area contributed by atoms with Gasteiger partial charge in [-0.05, 0) is 30.2 Å². The number of carbonyl (C=O) groups excluding carboxylic acids is 2. The maximum atomic E-state index is 13.9. The number of benzene rings is 2. The highest BCUT2D eigenvalue weighted by Crippen LogP contribution is 2.28. The highest BCUT2D eigenvalue weighted by Gasteiger charge is 2.41. The molecule has 0 spiro atoms. The molecule has 1 aliphatic rings. The van der Waals surface area contributed by atoms with Gasteiger partial charge in [0, 0.05) is 18.9 Å². The van der Waals surface area contributed by atoms with Gasteiger partial charge >= 0.3 is 5.97 Å². The number of rotatable bonds is 8. The Kier molecular flexibility index (Phi) is 7.33. The lowest BCUT2D eigenvalue weighted by Crippen LogP contribution is -2.41. The molecule has 7 nitrogen and oxygen atoms in total. The Balaban J connectivity index is 1.69. The third-order valence-corrected chi connectivity index (χ3v) is 5.29. The van der Waals surface area contributed by atoms with E-state index in [1.165, 1.54) is 24.1 Å². The van der Waals surface area contributed by atoms with Crippen LogP contribution in [0.3, 0.4) is 0 Å². The molecule has 1 fully saturated rings. The van der Waals surface area contributed by atoms with Crippen molar-refractivity contribution in [3.8, 4) is 17.2 Å². The van der Waals surface area contributed by atoms with E-state index < -0.39 is 23.9 Å². The Hall–Kier alpha value is -3.29. The number of nitrogens with zero attached hydrogens (tertiary/aromatic N) is 1. The van der Waals surface area contributed by atoms with E-state index in [9.17, 15) is 14.0 Å². The van der Waals surface area contributed by atoms with E-state index in [0.29, 0.717) is 17.9 Å². The fourth-order valence-electron chi connectivity index (χ4n) is 3.68. The van der Waals surface area contributed by atoms with Gasteiger partial charge in [-0.1, -0.05) is 18.2 Å². The molecule has 2 aromatic carbocycles. The van der Waals surface area contributed by atoms with Crippen LogP contribution in [0.5, 0.6) is 17.2 Å². The van der Waals surface area contributed by atoms with Crippen molar-refractivity contribution in [1.82, 2.24) is 4.90 Å². The van der Waals surface area contributed by atoms with Gasteiger partial charge < -0.3 is 23.8 Å². The van der Waals surface area contributed by atoms with Crippen LogP contribution in [0.1, 0.15) is 18.4 Å². The van der Waals surface area contributed by atoms with Gasteiger partial charge in [0.05, 0.1) is 27.9 Å². The van der Waals surface area contributed by atoms with Crippen molar-refractivity contribution < 1.29 is 32.9 Å². The molecule has 166 valence electrons. The highest BCUT2D eigenvalue weighted by molar-refractivity contribution is 5.85. The summed E-state index contributed by atoms with van der Waals surface area (Å²) >= 11 is 0. The molecule has 0 N–H and O–H groups in total. The number of hydrogen-bond donors (Lipinski definition) is 0. The smallest absolute Gasteiger partial charge is 0.328 e. The topological polar surface area (TPSA) is 74.3 Å². The summed E-state index contributed by atoms with van der Waals surface area (Å²) in [4.78, 5) is 26.7. The van der Waals surface area contributed by atoms with Gasteiger partial charge in [-0.25, -0.2) is 9.18 Å². The Bertz CT molecular complexity index is 934. The molecule has 0 unspecified atom stereocenters. The quantitative estimate of drug-likeness (QED) is 0.599. The van der Waals surface area contributed by atoms with Crippen molar-refractivity contribution in [2.45, 2.75) is 31.4 Å². The summed E-state index contributed by atoms with van der Waals surface area (Å²) < 4.78 is 35.1. The first-order chi connectivity index (χ1) is 15.0. The molecule has 0 saturated carbocycles. The molecule has 3 rings (SSSR count). The normalized spacial score (nSPS) is 17.9. The van der Waals surface area contributed by atoms with Crippen LogP contribution in [0.2, 0.25) is 0 Å². The third kappa shape index (κ3) is 5.25. The molecule has 0 radical (unpaired) electrons. The number of hydrogen-bond acceptors (Lipinski definition) is 6. The molecule has 1 amide bonds. The van der Waals surface area contributed by atoms with Gasteiger partial charge in [-0.15, -0.1) is 0 Å². The lowest BCUT2D eigenvalue weighted by molar-refractivity contribution is -0.150. The average molecular weight is 431 g/mol. The summed E-state index contributed by atoms with van der Waals surface area (Å²) in [6, 6.07) is 10.7. The number of esters is 1. The zero-order valence-corrected chi connectivity index (χ0v) is 17.8. The molecule has 8 heteroatoms. The molecule has 2 aromatic rings. The first-order valence-electron chi connectivity index (χ1n) is 9.96. The SMILES string of the molecule is COC(=O)[C@H]1C[C@H](Oc2ccccc2F)CN1C(=O)CCc1ccc(OC)cc1OC. The summed E-state index contributed by atoms with van der Waals surface area (Å²) in [6.07, 6.45) is 0.316. The van der Waals surface area contributed by atoms with E-state index in [0.717, 1.165) is 5.56 Å². The Morgan fingerprint density at radius 3 is 2.52 bits per heavy atom. The second-order valence-corrected chi connectivity index (χ2v) is 7.17.